The number of hydrogen-bond acceptors (Lipinski definition) is 6. The van der Waals surface area contributed by atoms with Crippen LogP contribution in [0.3, 0.4) is 0 Å². The van der Waals surface area contributed by atoms with Crippen LogP contribution in [0.25, 0.3) is 0 Å². The number of hydrogen-bond donors (Lipinski definition) is 0. The fraction of sp³-hybridized carbons (Fsp3) is 0.824. The first-order valence-corrected chi connectivity index (χ1v) is 24.5. The molecule has 0 aromatic rings. The third-order valence-electron chi connectivity index (χ3n) is 10.6. The first kappa shape index (κ1) is 54.6. The molecule has 1 atom stereocenters. The van der Waals surface area contributed by atoms with Gasteiger partial charge >= 0.3 is 17.9 Å². The van der Waals surface area contributed by atoms with Gasteiger partial charge in [0.05, 0.1) is 0 Å². The van der Waals surface area contributed by atoms with E-state index in [2.05, 4.69) is 57.2 Å². The van der Waals surface area contributed by atoms with E-state index in [0.29, 0.717) is 19.3 Å². The molecule has 0 unspecified atom stereocenters. The lowest BCUT2D eigenvalue weighted by Crippen LogP contribution is -2.30. The normalized spacial score (nSPS) is 12.3. The Bertz CT molecular complexity index is 969. The van der Waals surface area contributed by atoms with E-state index in [9.17, 15) is 14.4 Å². The Morgan fingerprint density at radius 1 is 0.351 bits per heavy atom. The summed E-state index contributed by atoms with van der Waals surface area (Å²) in [5.41, 5.74) is 0. The van der Waals surface area contributed by atoms with E-state index in [1.165, 1.54) is 141 Å². The van der Waals surface area contributed by atoms with Crippen LogP contribution in [0.1, 0.15) is 252 Å². The molecule has 0 saturated carbocycles. The van der Waals surface area contributed by atoms with E-state index >= 15 is 0 Å². The van der Waals surface area contributed by atoms with Crippen molar-refractivity contribution in [2.75, 3.05) is 13.2 Å². The molecule has 0 fully saturated rings. The van der Waals surface area contributed by atoms with Crippen LogP contribution >= 0.6 is 0 Å². The largest absolute Gasteiger partial charge is 0.462 e. The number of carbonyl (C=O) groups excluding carboxylic acids is 3. The maximum Gasteiger partial charge on any atom is 0.306 e. The summed E-state index contributed by atoms with van der Waals surface area (Å²) < 4.78 is 16.7. The van der Waals surface area contributed by atoms with Crippen LogP contribution < -0.4 is 0 Å². The molecule has 0 aliphatic rings. The molecular weight excluding hydrogens is 709 g/mol. The SMILES string of the molecule is CCCCC/C=C\C/C=C\C/C=C\CCCCC(=O)OC[C@H](COC(=O)CCCCCCCCCCCCCCC)OC(=O)CCCCCCCCCCCCC. The van der Waals surface area contributed by atoms with Crippen molar-refractivity contribution < 1.29 is 28.6 Å². The molecule has 0 spiro atoms. The number of esters is 3. The van der Waals surface area contributed by atoms with Crippen LogP contribution in [0.2, 0.25) is 0 Å². The molecule has 0 N–H and O–H groups in total. The van der Waals surface area contributed by atoms with Gasteiger partial charge < -0.3 is 14.2 Å². The second-order valence-electron chi connectivity index (χ2n) is 16.4. The summed E-state index contributed by atoms with van der Waals surface area (Å²) in [6, 6.07) is 0. The van der Waals surface area contributed by atoms with Crippen LogP contribution in [0.4, 0.5) is 0 Å². The molecule has 0 aromatic carbocycles. The predicted octanol–water partition coefficient (Wildman–Crippen LogP) is 15.8. The fourth-order valence-corrected chi connectivity index (χ4v) is 6.92. The van der Waals surface area contributed by atoms with Gasteiger partial charge in [-0.25, -0.2) is 0 Å². The van der Waals surface area contributed by atoms with Crippen LogP contribution in [0.15, 0.2) is 36.5 Å². The first-order valence-electron chi connectivity index (χ1n) is 24.5. The summed E-state index contributed by atoms with van der Waals surface area (Å²) in [7, 11) is 0. The maximum atomic E-state index is 12.7. The topological polar surface area (TPSA) is 78.9 Å². The second kappa shape index (κ2) is 46.3. The summed E-state index contributed by atoms with van der Waals surface area (Å²) in [6.45, 7) is 6.58. The standard InChI is InChI=1S/C51H92O6/c1-4-7-10-13-16-19-22-24-25-27-30-32-35-38-41-44-50(53)56-47-48(57-51(54)45-42-39-36-33-28-21-18-15-12-9-6-3)46-55-49(52)43-40-37-34-31-29-26-23-20-17-14-11-8-5-2/h16,19,24-25,30,32,48H,4-15,17-18,20-23,26-29,31,33-47H2,1-3H3/b19-16-,25-24-,32-30-/t48-/m0/s1. The molecule has 0 aliphatic heterocycles. The first-order chi connectivity index (χ1) is 28.0. The highest BCUT2D eigenvalue weighted by Gasteiger charge is 2.19. The molecule has 0 rings (SSSR count). The lowest BCUT2D eigenvalue weighted by atomic mass is 10.0. The van der Waals surface area contributed by atoms with Crippen molar-refractivity contribution >= 4 is 17.9 Å². The van der Waals surface area contributed by atoms with E-state index in [1.54, 1.807) is 0 Å². The smallest absolute Gasteiger partial charge is 0.306 e. The highest BCUT2D eigenvalue weighted by atomic mass is 16.6. The highest BCUT2D eigenvalue weighted by molar-refractivity contribution is 5.71. The molecule has 6 heteroatoms. The van der Waals surface area contributed by atoms with Gasteiger partial charge in [0.25, 0.3) is 0 Å². The fourth-order valence-electron chi connectivity index (χ4n) is 6.92. The highest BCUT2D eigenvalue weighted by Crippen LogP contribution is 2.15. The third-order valence-corrected chi connectivity index (χ3v) is 10.6. The van der Waals surface area contributed by atoms with E-state index < -0.39 is 6.10 Å². The summed E-state index contributed by atoms with van der Waals surface area (Å²) in [6.07, 6.45) is 52.6. The van der Waals surface area contributed by atoms with Gasteiger partial charge in [0.15, 0.2) is 6.10 Å². The summed E-state index contributed by atoms with van der Waals surface area (Å²) >= 11 is 0. The molecule has 0 amide bonds. The molecule has 6 nitrogen and oxygen atoms in total. The van der Waals surface area contributed by atoms with Crippen LogP contribution in [0.5, 0.6) is 0 Å². The number of rotatable bonds is 44. The minimum absolute atomic E-state index is 0.0803. The minimum atomic E-state index is -0.780. The van der Waals surface area contributed by atoms with Crippen molar-refractivity contribution in [3.8, 4) is 0 Å². The maximum absolute atomic E-state index is 12.7. The zero-order valence-corrected chi connectivity index (χ0v) is 37.9. The quantitative estimate of drug-likeness (QED) is 0.0264. The van der Waals surface area contributed by atoms with E-state index in [4.69, 9.17) is 14.2 Å². The molecular formula is C51H92O6. The number of ether oxygens (including phenoxy) is 3. The van der Waals surface area contributed by atoms with Crippen LogP contribution in [-0.4, -0.2) is 37.2 Å². The molecule has 0 bridgehead atoms. The minimum Gasteiger partial charge on any atom is -0.462 e. The molecule has 0 radical (unpaired) electrons. The van der Waals surface area contributed by atoms with Crippen LogP contribution in [0, 0.1) is 0 Å². The molecule has 57 heavy (non-hydrogen) atoms. The monoisotopic (exact) mass is 801 g/mol. The van der Waals surface area contributed by atoms with Gasteiger partial charge in [-0.3, -0.25) is 14.4 Å². The van der Waals surface area contributed by atoms with E-state index in [-0.39, 0.29) is 31.1 Å². The zero-order chi connectivity index (χ0) is 41.5. The van der Waals surface area contributed by atoms with Crippen molar-refractivity contribution in [1.82, 2.24) is 0 Å². The molecule has 0 saturated heterocycles. The van der Waals surface area contributed by atoms with Gasteiger partial charge in [0, 0.05) is 19.3 Å². The lowest BCUT2D eigenvalue weighted by Gasteiger charge is -2.18. The summed E-state index contributed by atoms with van der Waals surface area (Å²) in [5.74, 6) is -0.914. The Hall–Kier alpha value is -2.37. The van der Waals surface area contributed by atoms with E-state index in [0.717, 1.165) is 70.6 Å². The lowest BCUT2D eigenvalue weighted by molar-refractivity contribution is -0.167. The second-order valence-corrected chi connectivity index (χ2v) is 16.4. The summed E-state index contributed by atoms with van der Waals surface area (Å²) in [4.78, 5) is 37.8. The van der Waals surface area contributed by atoms with Gasteiger partial charge in [-0.2, -0.15) is 0 Å². The average molecular weight is 801 g/mol. The number of allylic oxidation sites excluding steroid dienone is 6. The Balaban J connectivity index is 4.40. The third kappa shape index (κ3) is 44.6. The Labute approximate surface area is 353 Å². The Kier molecular flexibility index (Phi) is 44.4. The van der Waals surface area contributed by atoms with Crippen molar-refractivity contribution in [2.24, 2.45) is 0 Å². The molecule has 0 heterocycles. The van der Waals surface area contributed by atoms with Crippen molar-refractivity contribution in [3.05, 3.63) is 36.5 Å². The van der Waals surface area contributed by atoms with Crippen molar-refractivity contribution in [1.29, 1.82) is 0 Å². The Morgan fingerprint density at radius 3 is 1.02 bits per heavy atom. The molecule has 0 aliphatic carbocycles. The number of unbranched alkanes of at least 4 members (excludes halogenated alkanes) is 27. The molecule has 332 valence electrons. The van der Waals surface area contributed by atoms with Crippen LogP contribution in [-0.2, 0) is 28.6 Å². The zero-order valence-electron chi connectivity index (χ0n) is 37.9. The van der Waals surface area contributed by atoms with Crippen molar-refractivity contribution in [2.45, 2.75) is 258 Å². The van der Waals surface area contributed by atoms with Gasteiger partial charge in [0.2, 0.25) is 0 Å². The average Bonchev–Trinajstić information content (AvgIpc) is 3.21. The predicted molar refractivity (Wildman–Crippen MR) is 242 cm³/mol. The van der Waals surface area contributed by atoms with Gasteiger partial charge in [-0.1, -0.05) is 211 Å². The van der Waals surface area contributed by atoms with E-state index in [1.807, 2.05) is 0 Å². The van der Waals surface area contributed by atoms with Gasteiger partial charge in [0.1, 0.15) is 13.2 Å². The van der Waals surface area contributed by atoms with Gasteiger partial charge in [-0.15, -0.1) is 0 Å². The Morgan fingerprint density at radius 2 is 0.632 bits per heavy atom. The van der Waals surface area contributed by atoms with Crippen molar-refractivity contribution in [3.63, 3.8) is 0 Å². The summed E-state index contributed by atoms with van der Waals surface area (Å²) in [5, 5.41) is 0. The molecule has 0 aromatic heterocycles. The van der Waals surface area contributed by atoms with Gasteiger partial charge in [-0.05, 0) is 57.8 Å². The number of carbonyl (C=O) groups is 3.